The Balaban J connectivity index is 0.000000181. The summed E-state index contributed by atoms with van der Waals surface area (Å²) in [5.74, 6) is 0.521. The summed E-state index contributed by atoms with van der Waals surface area (Å²) in [6.07, 6.45) is 0. The second-order valence-electron chi connectivity index (χ2n) is 10.7. The lowest BCUT2D eigenvalue weighted by molar-refractivity contribution is -0.114. The van der Waals surface area contributed by atoms with Crippen LogP contribution in [0.4, 0.5) is 17.2 Å². The second kappa shape index (κ2) is 13.3. The number of hydrogen-bond donors (Lipinski definition) is 1. The molecule has 2 N–H and O–H groups in total. The average Bonchev–Trinajstić information content (AvgIpc) is 3.56. The maximum atomic E-state index is 11.2. The standard InChI is InChI=1S/C15H22N3P.C9H7NO2.C8H11N.CH4/c1-10(2)17-14-12-8-6-7-9-13(12)16(5)15(14)18(19-17)11(3)4;1-10-7-5-3-2-4-6(7)8(11)9(10)12;1-7(9)8-5-3-2-4-6-8;/h6-11,19H,1-5H3;2-5H,1H3;2-7H,9H2,1H3;1H4/t;;7-;/m..0./s1. The number of fused-ring (bicyclic) bond motifs is 4. The van der Waals surface area contributed by atoms with Crippen molar-refractivity contribution in [3.05, 3.63) is 90.0 Å². The SMILES string of the molecule is C.CC(C)N1PN(C(C)C)c2c1c1ccccc1n2C.CN1C(=O)C(=O)c2ccccc21.C[C@H](N)c1ccccc1. The molecule has 0 spiro atoms. The molecule has 8 heteroatoms. The molecule has 7 nitrogen and oxygen atoms in total. The number of carbonyl (C=O) groups excluding carboxylic acids is 2. The van der Waals surface area contributed by atoms with E-state index in [1.54, 1.807) is 31.3 Å². The first-order valence-corrected chi connectivity index (χ1v) is 14.6. The van der Waals surface area contributed by atoms with Crippen molar-refractivity contribution in [2.45, 2.75) is 60.2 Å². The van der Waals surface area contributed by atoms with E-state index in [2.05, 4.69) is 72.9 Å². The maximum absolute atomic E-state index is 11.2. The highest BCUT2D eigenvalue weighted by Crippen LogP contribution is 2.54. The van der Waals surface area contributed by atoms with Crippen LogP contribution in [-0.2, 0) is 11.8 Å². The van der Waals surface area contributed by atoms with Gasteiger partial charge >= 0.3 is 0 Å². The van der Waals surface area contributed by atoms with E-state index in [0.29, 0.717) is 23.3 Å². The van der Waals surface area contributed by atoms with Crippen LogP contribution in [0.25, 0.3) is 10.9 Å². The number of nitrogens with zero attached hydrogens (tertiary/aromatic N) is 4. The van der Waals surface area contributed by atoms with E-state index in [9.17, 15) is 9.59 Å². The monoisotopic (exact) mass is 573 g/mol. The summed E-state index contributed by atoms with van der Waals surface area (Å²) in [5, 5.41) is 1.38. The van der Waals surface area contributed by atoms with Gasteiger partial charge in [0.05, 0.1) is 31.3 Å². The van der Waals surface area contributed by atoms with Gasteiger partial charge < -0.3 is 24.5 Å². The first kappa shape index (κ1) is 31.9. The van der Waals surface area contributed by atoms with Gasteiger partial charge in [-0.25, -0.2) is 0 Å². The highest BCUT2D eigenvalue weighted by Gasteiger charge is 2.35. The van der Waals surface area contributed by atoms with Crippen molar-refractivity contribution >= 4 is 48.7 Å². The predicted octanol–water partition coefficient (Wildman–Crippen LogP) is 7.32. The van der Waals surface area contributed by atoms with Crippen LogP contribution in [0.3, 0.4) is 0 Å². The van der Waals surface area contributed by atoms with Crippen molar-refractivity contribution < 1.29 is 9.59 Å². The first-order chi connectivity index (χ1) is 19.0. The van der Waals surface area contributed by atoms with Gasteiger partial charge in [0.2, 0.25) is 0 Å². The molecular formula is C33H44N5O2P. The van der Waals surface area contributed by atoms with Crippen LogP contribution in [-0.4, -0.2) is 35.4 Å². The van der Waals surface area contributed by atoms with Gasteiger partial charge in [0.1, 0.15) is 5.82 Å². The van der Waals surface area contributed by atoms with Crippen LogP contribution in [0.5, 0.6) is 0 Å². The molecular weight excluding hydrogens is 529 g/mol. The van der Waals surface area contributed by atoms with Gasteiger partial charge in [0, 0.05) is 37.6 Å². The van der Waals surface area contributed by atoms with Crippen molar-refractivity contribution in [3.8, 4) is 0 Å². The largest absolute Gasteiger partial charge is 0.330 e. The Morgan fingerprint density at radius 1 is 0.732 bits per heavy atom. The summed E-state index contributed by atoms with van der Waals surface area (Å²) in [6.45, 7) is 11.1. The lowest BCUT2D eigenvalue weighted by atomic mass is 10.1. The number of nitrogens with two attached hydrogens (primary N) is 1. The minimum Gasteiger partial charge on any atom is -0.330 e. The molecule has 2 aliphatic heterocycles. The Kier molecular flexibility index (Phi) is 10.4. The second-order valence-corrected chi connectivity index (χ2v) is 11.8. The molecule has 1 aromatic heterocycles. The molecule has 0 bridgehead atoms. The fraction of sp³-hybridized carbons (Fsp3) is 0.333. The van der Waals surface area contributed by atoms with Gasteiger partial charge in [-0.2, -0.15) is 0 Å². The Morgan fingerprint density at radius 2 is 1.29 bits per heavy atom. The highest BCUT2D eigenvalue weighted by atomic mass is 31.1. The number of aromatic nitrogens is 1. The zero-order valence-corrected chi connectivity index (χ0v) is 25.4. The molecule has 0 saturated carbocycles. The fourth-order valence-electron chi connectivity index (χ4n) is 4.91. The number of para-hydroxylation sites is 2. The van der Waals surface area contributed by atoms with Crippen molar-refractivity contribution in [3.63, 3.8) is 0 Å². The van der Waals surface area contributed by atoms with Crippen LogP contribution in [0, 0.1) is 0 Å². The molecule has 1 unspecified atom stereocenters. The molecule has 2 aliphatic rings. The first-order valence-electron chi connectivity index (χ1n) is 13.7. The number of anilines is 3. The molecule has 218 valence electrons. The number of Topliss-reactive ketones (excluding diaryl/α,β-unsaturated/α-hetero) is 1. The molecule has 2 atom stereocenters. The zero-order valence-electron chi connectivity index (χ0n) is 24.4. The Labute approximate surface area is 246 Å². The Hall–Kier alpha value is -3.67. The van der Waals surface area contributed by atoms with Gasteiger partial charge in [-0.3, -0.25) is 9.59 Å². The molecule has 41 heavy (non-hydrogen) atoms. The van der Waals surface area contributed by atoms with E-state index in [0.717, 1.165) is 8.88 Å². The lowest BCUT2D eigenvalue weighted by Crippen LogP contribution is -2.25. The summed E-state index contributed by atoms with van der Waals surface area (Å²) in [5.41, 5.74) is 10.8. The van der Waals surface area contributed by atoms with Gasteiger partial charge in [-0.15, -0.1) is 0 Å². The van der Waals surface area contributed by atoms with Crippen molar-refractivity contribution in [2.24, 2.45) is 12.8 Å². The van der Waals surface area contributed by atoms with Gasteiger partial charge in [0.25, 0.3) is 11.7 Å². The number of hydrogen-bond acceptors (Lipinski definition) is 5. The maximum Gasteiger partial charge on any atom is 0.299 e. The van der Waals surface area contributed by atoms with Crippen LogP contribution in [0.2, 0.25) is 0 Å². The lowest BCUT2D eigenvalue weighted by Gasteiger charge is -2.27. The summed E-state index contributed by atoms with van der Waals surface area (Å²) >= 11 is 0. The quantitative estimate of drug-likeness (QED) is 0.205. The molecule has 1 amide bonds. The third kappa shape index (κ3) is 6.32. The van der Waals surface area contributed by atoms with E-state index >= 15 is 0 Å². The molecule has 3 aromatic carbocycles. The Bertz CT molecular complexity index is 1500. The van der Waals surface area contributed by atoms with Crippen molar-refractivity contribution in [1.82, 2.24) is 4.57 Å². The van der Waals surface area contributed by atoms with Crippen molar-refractivity contribution in [2.75, 3.05) is 21.3 Å². The average molecular weight is 574 g/mol. The molecule has 0 saturated heterocycles. The van der Waals surface area contributed by atoms with E-state index in [1.165, 1.54) is 32.9 Å². The number of amides is 1. The molecule has 0 aliphatic carbocycles. The topological polar surface area (TPSA) is 74.8 Å². The summed E-state index contributed by atoms with van der Waals surface area (Å²) in [7, 11) is 4.51. The van der Waals surface area contributed by atoms with Crippen LogP contribution in [0.15, 0.2) is 78.9 Å². The normalized spacial score (nSPS) is 14.9. The Morgan fingerprint density at radius 3 is 1.85 bits per heavy atom. The summed E-state index contributed by atoms with van der Waals surface area (Å²) < 4.78 is 7.41. The minimum atomic E-state index is -0.448. The zero-order chi connectivity index (χ0) is 29.1. The third-order valence-corrected chi connectivity index (χ3v) is 9.00. The highest BCUT2D eigenvalue weighted by molar-refractivity contribution is 7.43. The van der Waals surface area contributed by atoms with E-state index in [-0.39, 0.29) is 13.5 Å². The van der Waals surface area contributed by atoms with Crippen molar-refractivity contribution in [1.29, 1.82) is 0 Å². The molecule has 4 aromatic rings. The number of carbonyl (C=O) groups is 2. The predicted molar refractivity (Wildman–Crippen MR) is 176 cm³/mol. The van der Waals surface area contributed by atoms with Crippen LogP contribution < -0.4 is 20.0 Å². The third-order valence-electron chi connectivity index (χ3n) is 7.10. The number of aryl methyl sites for hydroxylation is 1. The number of likely N-dealkylation sites (N-methyl/N-ethyl adjacent to an activating group) is 1. The number of rotatable bonds is 3. The molecule has 0 radical (unpaired) electrons. The molecule has 6 rings (SSSR count). The van der Waals surface area contributed by atoms with Gasteiger partial charge in [0.15, 0.2) is 0 Å². The van der Waals surface area contributed by atoms with Crippen LogP contribution in [0.1, 0.15) is 64.0 Å². The van der Waals surface area contributed by atoms with E-state index < -0.39 is 11.7 Å². The number of ketones is 1. The van der Waals surface area contributed by atoms with Gasteiger partial charge in [-0.05, 0) is 58.4 Å². The van der Waals surface area contributed by atoms with Gasteiger partial charge in [-0.1, -0.05) is 68.1 Å². The molecule has 3 heterocycles. The number of benzene rings is 3. The smallest absolute Gasteiger partial charge is 0.299 e. The van der Waals surface area contributed by atoms with E-state index in [4.69, 9.17) is 5.73 Å². The van der Waals surface area contributed by atoms with E-state index in [1.807, 2.05) is 37.3 Å². The van der Waals surface area contributed by atoms with Crippen LogP contribution >= 0.6 is 8.88 Å². The fourth-order valence-corrected chi connectivity index (χ4v) is 6.28. The molecule has 0 fully saturated rings. The summed E-state index contributed by atoms with van der Waals surface area (Å²) in [4.78, 5) is 23.7. The minimum absolute atomic E-state index is 0. The summed E-state index contributed by atoms with van der Waals surface area (Å²) in [6, 6.07) is 27.0.